The summed E-state index contributed by atoms with van der Waals surface area (Å²) in [5.41, 5.74) is 1.52. The third-order valence-electron chi connectivity index (χ3n) is 3.66. The first kappa shape index (κ1) is 18.6. The zero-order valence-corrected chi connectivity index (χ0v) is 15.3. The van der Waals surface area contributed by atoms with Crippen LogP contribution in [-0.4, -0.2) is 52.9 Å². The Bertz CT molecular complexity index is 571. The largest absolute Gasteiger partial charge is 0.444 e. The van der Waals surface area contributed by atoms with E-state index in [0.717, 1.165) is 23.5 Å². The number of hydrogen-bond acceptors (Lipinski definition) is 6. The summed E-state index contributed by atoms with van der Waals surface area (Å²) in [7, 11) is 1.68. The molecule has 1 atom stereocenters. The van der Waals surface area contributed by atoms with Crippen molar-refractivity contribution in [2.75, 3.05) is 20.3 Å². The number of aromatic nitrogens is 2. The van der Waals surface area contributed by atoms with Crippen molar-refractivity contribution in [3.8, 4) is 0 Å². The molecule has 0 bridgehead atoms. The molecule has 1 aliphatic rings. The lowest BCUT2D eigenvalue weighted by atomic mass is 10.1. The lowest BCUT2D eigenvalue weighted by Gasteiger charge is -2.30. The molecule has 0 aliphatic carbocycles. The summed E-state index contributed by atoms with van der Waals surface area (Å²) < 4.78 is 10.5. The number of nitrogens with one attached hydrogen (secondary N) is 1. The molecule has 0 aromatic carbocycles. The van der Waals surface area contributed by atoms with Crippen LogP contribution < -0.4 is 5.32 Å². The van der Waals surface area contributed by atoms with Gasteiger partial charge < -0.3 is 19.7 Å². The number of rotatable bonds is 5. The molecule has 0 fully saturated rings. The van der Waals surface area contributed by atoms with Crippen LogP contribution in [0.4, 0.5) is 4.79 Å². The van der Waals surface area contributed by atoms with Crippen molar-refractivity contribution in [2.24, 2.45) is 0 Å². The highest BCUT2D eigenvalue weighted by Crippen LogP contribution is 2.19. The van der Waals surface area contributed by atoms with Crippen LogP contribution in [0.2, 0.25) is 0 Å². The van der Waals surface area contributed by atoms with Crippen LogP contribution in [-0.2, 0) is 29.0 Å². The molecule has 1 aromatic rings. The van der Waals surface area contributed by atoms with E-state index >= 15 is 0 Å². The smallest absolute Gasteiger partial charge is 0.410 e. The number of carbonyl (C=O) groups is 1. The maximum absolute atomic E-state index is 12.2. The summed E-state index contributed by atoms with van der Waals surface area (Å²) in [5.74, 6) is 0.766. The monoisotopic (exact) mass is 336 g/mol. The van der Waals surface area contributed by atoms with Crippen molar-refractivity contribution >= 4 is 6.09 Å². The molecule has 1 aromatic heterocycles. The van der Waals surface area contributed by atoms with E-state index in [4.69, 9.17) is 9.47 Å². The van der Waals surface area contributed by atoms with Gasteiger partial charge in [-0.15, -0.1) is 0 Å². The first-order valence-corrected chi connectivity index (χ1v) is 8.32. The third kappa shape index (κ3) is 5.42. The molecule has 0 unspecified atom stereocenters. The lowest BCUT2D eigenvalue weighted by Crippen LogP contribution is -2.40. The fraction of sp³-hybridized carbons (Fsp3) is 0.706. The van der Waals surface area contributed by atoms with Gasteiger partial charge in [0.1, 0.15) is 11.4 Å². The molecular formula is C17H28N4O3. The Kier molecular flexibility index (Phi) is 6.12. The van der Waals surface area contributed by atoms with Crippen LogP contribution in [0.1, 0.15) is 44.8 Å². The van der Waals surface area contributed by atoms with Crippen LogP contribution in [0, 0.1) is 0 Å². The molecule has 1 amide bonds. The van der Waals surface area contributed by atoms with Crippen LogP contribution >= 0.6 is 0 Å². The van der Waals surface area contributed by atoms with Crippen LogP contribution in [0.25, 0.3) is 0 Å². The molecule has 24 heavy (non-hydrogen) atoms. The topological polar surface area (TPSA) is 76.6 Å². The molecule has 0 saturated heterocycles. The Balaban J connectivity index is 1.95. The summed E-state index contributed by atoms with van der Waals surface area (Å²) in [6.07, 6.45) is 2.25. The SMILES string of the molecule is COC[C@H](C)NCc1ncc2c(n1)CCN(C(=O)OC(C)(C)C)C2. The first-order chi connectivity index (χ1) is 11.3. The molecule has 2 rings (SSSR count). The van der Waals surface area contributed by atoms with Gasteiger partial charge in [-0.3, -0.25) is 0 Å². The van der Waals surface area contributed by atoms with Gasteiger partial charge in [0.2, 0.25) is 0 Å². The molecule has 1 aliphatic heterocycles. The van der Waals surface area contributed by atoms with E-state index in [9.17, 15) is 4.79 Å². The summed E-state index contributed by atoms with van der Waals surface area (Å²) in [5, 5.41) is 3.32. The third-order valence-corrected chi connectivity index (χ3v) is 3.66. The van der Waals surface area contributed by atoms with E-state index < -0.39 is 5.60 Å². The zero-order chi connectivity index (χ0) is 17.7. The Morgan fingerprint density at radius 1 is 1.46 bits per heavy atom. The summed E-state index contributed by atoms with van der Waals surface area (Å²) in [6.45, 7) is 10.0. The first-order valence-electron chi connectivity index (χ1n) is 8.32. The highest BCUT2D eigenvalue weighted by molar-refractivity contribution is 5.68. The Morgan fingerprint density at radius 2 is 2.21 bits per heavy atom. The van der Waals surface area contributed by atoms with E-state index in [1.165, 1.54) is 0 Å². The van der Waals surface area contributed by atoms with Gasteiger partial charge >= 0.3 is 6.09 Å². The molecule has 7 heteroatoms. The molecule has 0 radical (unpaired) electrons. The quantitative estimate of drug-likeness (QED) is 0.885. The predicted molar refractivity (Wildman–Crippen MR) is 90.6 cm³/mol. The van der Waals surface area contributed by atoms with Crippen molar-refractivity contribution in [3.63, 3.8) is 0 Å². The number of carbonyl (C=O) groups excluding carboxylic acids is 1. The minimum Gasteiger partial charge on any atom is -0.444 e. The predicted octanol–water partition coefficient (Wildman–Crippen LogP) is 1.89. The van der Waals surface area contributed by atoms with Gasteiger partial charge in [-0.05, 0) is 27.7 Å². The highest BCUT2D eigenvalue weighted by atomic mass is 16.6. The fourth-order valence-electron chi connectivity index (χ4n) is 2.50. The Labute approximate surface area is 143 Å². The summed E-state index contributed by atoms with van der Waals surface area (Å²) >= 11 is 0. The van der Waals surface area contributed by atoms with Gasteiger partial charge in [0.25, 0.3) is 0 Å². The maximum Gasteiger partial charge on any atom is 0.410 e. The minimum atomic E-state index is -0.484. The van der Waals surface area contributed by atoms with Gasteiger partial charge in [-0.2, -0.15) is 0 Å². The number of hydrogen-bond donors (Lipinski definition) is 1. The van der Waals surface area contributed by atoms with Gasteiger partial charge in [0.15, 0.2) is 0 Å². The number of nitrogens with zero attached hydrogens (tertiary/aromatic N) is 3. The standard InChI is InChI=1S/C17H28N4O3/c1-12(11-23-5)18-9-15-19-8-13-10-21(7-6-14(13)20-15)16(22)24-17(2,3)4/h8,12,18H,6-7,9-11H2,1-5H3/t12-/m0/s1. The van der Waals surface area contributed by atoms with Crippen LogP contribution in [0.5, 0.6) is 0 Å². The molecule has 0 saturated carbocycles. The van der Waals surface area contributed by atoms with Crippen LogP contribution in [0.3, 0.4) is 0 Å². The second-order valence-corrected chi connectivity index (χ2v) is 7.15. The normalized spacial score (nSPS) is 15.8. The van der Waals surface area contributed by atoms with E-state index in [0.29, 0.717) is 26.2 Å². The lowest BCUT2D eigenvalue weighted by molar-refractivity contribution is 0.0222. The van der Waals surface area contributed by atoms with E-state index in [2.05, 4.69) is 22.2 Å². The van der Waals surface area contributed by atoms with E-state index in [1.807, 2.05) is 27.0 Å². The fourth-order valence-corrected chi connectivity index (χ4v) is 2.50. The molecule has 0 spiro atoms. The minimum absolute atomic E-state index is 0.247. The summed E-state index contributed by atoms with van der Waals surface area (Å²) in [6, 6.07) is 0.247. The summed E-state index contributed by atoms with van der Waals surface area (Å²) in [4.78, 5) is 22.9. The van der Waals surface area contributed by atoms with Crippen LogP contribution in [0.15, 0.2) is 6.20 Å². The van der Waals surface area contributed by atoms with Crippen molar-refractivity contribution < 1.29 is 14.3 Å². The highest BCUT2D eigenvalue weighted by Gasteiger charge is 2.26. The Morgan fingerprint density at radius 3 is 2.88 bits per heavy atom. The van der Waals surface area contributed by atoms with E-state index in [-0.39, 0.29) is 12.1 Å². The van der Waals surface area contributed by atoms with Gasteiger partial charge in [-0.1, -0.05) is 0 Å². The van der Waals surface area contributed by atoms with Crippen molar-refractivity contribution in [1.82, 2.24) is 20.2 Å². The number of ether oxygens (including phenoxy) is 2. The van der Waals surface area contributed by atoms with Crippen molar-refractivity contribution in [1.29, 1.82) is 0 Å². The maximum atomic E-state index is 12.2. The van der Waals surface area contributed by atoms with Gasteiger partial charge in [0.05, 0.1) is 25.4 Å². The van der Waals surface area contributed by atoms with E-state index in [1.54, 1.807) is 12.0 Å². The molecule has 1 N–H and O–H groups in total. The second kappa shape index (κ2) is 7.90. The van der Waals surface area contributed by atoms with Crippen molar-refractivity contribution in [2.45, 2.75) is 58.8 Å². The molecular weight excluding hydrogens is 308 g/mol. The average molecular weight is 336 g/mol. The Hall–Kier alpha value is -1.73. The molecule has 2 heterocycles. The zero-order valence-electron chi connectivity index (χ0n) is 15.3. The van der Waals surface area contributed by atoms with Gasteiger partial charge in [0, 0.05) is 37.9 Å². The second-order valence-electron chi connectivity index (χ2n) is 7.15. The number of fused-ring (bicyclic) bond motifs is 1. The molecule has 134 valence electrons. The number of amides is 1. The van der Waals surface area contributed by atoms with Crippen molar-refractivity contribution in [3.05, 3.63) is 23.3 Å². The molecule has 7 nitrogen and oxygen atoms in total. The average Bonchev–Trinajstić information content (AvgIpc) is 2.51. The number of methoxy groups -OCH3 is 1. The van der Waals surface area contributed by atoms with Gasteiger partial charge in [-0.25, -0.2) is 14.8 Å².